The lowest BCUT2D eigenvalue weighted by atomic mass is 9.86. The van der Waals surface area contributed by atoms with E-state index in [1.807, 2.05) is 66.7 Å². The first-order chi connectivity index (χ1) is 17.7. The zero-order valence-corrected chi connectivity index (χ0v) is 21.6. The van der Waals surface area contributed by atoms with E-state index in [1.165, 1.54) is 6.07 Å². The molecule has 0 aliphatic carbocycles. The molecule has 0 unspecified atom stereocenters. The Bertz CT molecular complexity index is 1680. The maximum atomic E-state index is 13.5. The van der Waals surface area contributed by atoms with Gasteiger partial charge in [-0.3, -0.25) is 9.59 Å². The van der Waals surface area contributed by atoms with Gasteiger partial charge < -0.3 is 14.5 Å². The van der Waals surface area contributed by atoms with Crippen LogP contribution in [0.25, 0.3) is 33.1 Å². The molecule has 5 nitrogen and oxygen atoms in total. The van der Waals surface area contributed by atoms with Crippen LogP contribution < -0.4 is 15.5 Å². The summed E-state index contributed by atoms with van der Waals surface area (Å²) in [6.07, 6.45) is 0. The van der Waals surface area contributed by atoms with Crippen molar-refractivity contribution in [2.45, 2.75) is 26.2 Å². The Labute approximate surface area is 219 Å². The van der Waals surface area contributed by atoms with Gasteiger partial charge in [0, 0.05) is 21.7 Å². The molecule has 0 bridgehead atoms. The summed E-state index contributed by atoms with van der Waals surface area (Å²) in [6, 6.07) is 26.1. The third-order valence-corrected chi connectivity index (χ3v) is 6.47. The highest BCUT2D eigenvalue weighted by atomic mass is 35.5. The first-order valence-electron chi connectivity index (χ1n) is 12.0. The number of halogens is 1. The molecule has 0 atom stereocenters. The minimum Gasteiger partial charge on any atom is -0.476 e. The average Bonchev–Trinajstić information content (AvgIpc) is 2.88. The van der Waals surface area contributed by atoms with Crippen molar-refractivity contribution < 1.29 is 13.9 Å². The van der Waals surface area contributed by atoms with Crippen LogP contribution in [-0.2, 0) is 10.2 Å². The quantitative estimate of drug-likeness (QED) is 0.264. The molecule has 0 saturated heterocycles. The second-order valence-corrected chi connectivity index (χ2v) is 10.4. The van der Waals surface area contributed by atoms with Gasteiger partial charge in [0.2, 0.25) is 11.2 Å². The Hall–Kier alpha value is -4.09. The molecule has 0 radical (unpaired) electrons. The van der Waals surface area contributed by atoms with Crippen LogP contribution in [-0.4, -0.2) is 12.5 Å². The van der Waals surface area contributed by atoms with Crippen LogP contribution >= 0.6 is 11.6 Å². The summed E-state index contributed by atoms with van der Waals surface area (Å²) < 4.78 is 12.0. The molecule has 5 rings (SSSR count). The van der Waals surface area contributed by atoms with Gasteiger partial charge in [0.15, 0.2) is 12.4 Å². The van der Waals surface area contributed by atoms with Gasteiger partial charge in [-0.25, -0.2) is 0 Å². The highest BCUT2D eigenvalue weighted by Crippen LogP contribution is 2.33. The molecule has 0 saturated carbocycles. The minimum absolute atomic E-state index is 0.0292. The van der Waals surface area contributed by atoms with Crippen LogP contribution in [0.2, 0.25) is 5.02 Å². The van der Waals surface area contributed by atoms with Crippen molar-refractivity contribution >= 4 is 44.9 Å². The van der Waals surface area contributed by atoms with E-state index >= 15 is 0 Å². The van der Waals surface area contributed by atoms with E-state index in [1.54, 1.807) is 12.1 Å². The molecule has 5 aromatic rings. The molecule has 186 valence electrons. The number of anilines is 1. The summed E-state index contributed by atoms with van der Waals surface area (Å²) in [5.41, 5.74) is 2.45. The average molecular weight is 512 g/mol. The molecule has 0 spiro atoms. The number of carbonyl (C=O) groups excluding carboxylic acids is 1. The van der Waals surface area contributed by atoms with Gasteiger partial charge in [0.25, 0.3) is 5.91 Å². The fourth-order valence-electron chi connectivity index (χ4n) is 4.25. The molecule has 1 N–H and O–H groups in total. The predicted molar refractivity (Wildman–Crippen MR) is 150 cm³/mol. The van der Waals surface area contributed by atoms with Crippen molar-refractivity contribution in [2.75, 3.05) is 11.9 Å². The van der Waals surface area contributed by atoms with Gasteiger partial charge in [-0.05, 0) is 40.6 Å². The highest BCUT2D eigenvalue weighted by molar-refractivity contribution is 6.31. The number of fused-ring (bicyclic) bond motifs is 2. The van der Waals surface area contributed by atoms with Crippen LogP contribution in [0, 0.1) is 0 Å². The molecule has 0 fully saturated rings. The molecule has 4 aromatic carbocycles. The number of benzene rings is 4. The van der Waals surface area contributed by atoms with Gasteiger partial charge in [-0.1, -0.05) is 93.0 Å². The van der Waals surface area contributed by atoms with Crippen LogP contribution in [0.4, 0.5) is 5.69 Å². The monoisotopic (exact) mass is 511 g/mol. The van der Waals surface area contributed by atoms with Crippen molar-refractivity contribution in [3.8, 4) is 17.1 Å². The van der Waals surface area contributed by atoms with E-state index in [0.29, 0.717) is 21.9 Å². The van der Waals surface area contributed by atoms with Gasteiger partial charge >= 0.3 is 0 Å². The van der Waals surface area contributed by atoms with E-state index < -0.39 is 11.3 Å². The van der Waals surface area contributed by atoms with Crippen molar-refractivity contribution in [3.63, 3.8) is 0 Å². The number of amides is 1. The van der Waals surface area contributed by atoms with Gasteiger partial charge in [0.05, 0.1) is 5.39 Å². The first kappa shape index (κ1) is 24.6. The number of hydrogen-bond donors (Lipinski definition) is 1. The first-order valence-corrected chi connectivity index (χ1v) is 12.4. The number of ether oxygens (including phenoxy) is 1. The van der Waals surface area contributed by atoms with E-state index in [4.69, 9.17) is 20.8 Å². The zero-order valence-electron chi connectivity index (χ0n) is 20.8. The van der Waals surface area contributed by atoms with E-state index in [9.17, 15) is 9.59 Å². The predicted octanol–water partition coefficient (Wildman–Crippen LogP) is 7.58. The fourth-order valence-corrected chi connectivity index (χ4v) is 4.42. The minimum atomic E-state index is -0.393. The molecule has 0 aliphatic heterocycles. The fraction of sp³-hybridized carbons (Fsp3) is 0.161. The Balaban J connectivity index is 1.49. The largest absolute Gasteiger partial charge is 0.476 e. The summed E-state index contributed by atoms with van der Waals surface area (Å²) >= 11 is 6.14. The molecule has 1 amide bonds. The molecule has 1 heterocycles. The molecule has 0 aliphatic rings. The summed E-state index contributed by atoms with van der Waals surface area (Å²) in [5, 5.41) is 5.50. The second kappa shape index (κ2) is 9.75. The van der Waals surface area contributed by atoms with Crippen molar-refractivity contribution in [2.24, 2.45) is 0 Å². The summed E-state index contributed by atoms with van der Waals surface area (Å²) in [6.45, 7) is 6.02. The Morgan fingerprint density at radius 3 is 2.41 bits per heavy atom. The van der Waals surface area contributed by atoms with E-state index in [0.717, 1.165) is 16.3 Å². The highest BCUT2D eigenvalue weighted by Gasteiger charge is 2.21. The van der Waals surface area contributed by atoms with Crippen LogP contribution in [0.3, 0.4) is 0 Å². The van der Waals surface area contributed by atoms with E-state index in [2.05, 4.69) is 26.1 Å². The topological polar surface area (TPSA) is 68.5 Å². The normalized spacial score (nSPS) is 11.6. The molecular formula is C31H26ClNO4. The number of carbonyl (C=O) groups is 1. The zero-order chi connectivity index (χ0) is 26.2. The van der Waals surface area contributed by atoms with E-state index in [-0.39, 0.29) is 28.9 Å². The lowest BCUT2D eigenvalue weighted by Gasteiger charge is -2.19. The standard InChI is InChI=1S/C31H26ClNO4/c1-31(2,3)21-13-11-20(12-14-21)29-30(28(35)24-17-22(32)15-16-26(24)37-29)36-18-27(34)33-25-10-6-8-19-7-4-5-9-23(19)25/h4-17H,18H2,1-3H3,(H,33,34). The van der Waals surface area contributed by atoms with Crippen LogP contribution in [0.1, 0.15) is 26.3 Å². The molecule has 1 aromatic heterocycles. The van der Waals surface area contributed by atoms with Gasteiger partial charge in [0.1, 0.15) is 5.58 Å². The van der Waals surface area contributed by atoms with Gasteiger partial charge in [-0.15, -0.1) is 0 Å². The number of nitrogens with one attached hydrogen (secondary N) is 1. The molecule has 37 heavy (non-hydrogen) atoms. The van der Waals surface area contributed by atoms with Crippen molar-refractivity contribution in [1.82, 2.24) is 0 Å². The second-order valence-electron chi connectivity index (χ2n) is 9.92. The lowest BCUT2D eigenvalue weighted by molar-refractivity contribution is -0.118. The van der Waals surface area contributed by atoms with Crippen molar-refractivity contribution in [1.29, 1.82) is 0 Å². The summed E-state index contributed by atoms with van der Waals surface area (Å²) in [4.78, 5) is 26.3. The Morgan fingerprint density at radius 1 is 0.919 bits per heavy atom. The van der Waals surface area contributed by atoms with Crippen LogP contribution in [0.5, 0.6) is 5.75 Å². The molecular weight excluding hydrogens is 486 g/mol. The number of rotatable bonds is 5. The Kier molecular flexibility index (Phi) is 6.48. The SMILES string of the molecule is CC(C)(C)c1ccc(-c2oc3ccc(Cl)cc3c(=O)c2OCC(=O)Nc2cccc3ccccc23)cc1. The third-order valence-electron chi connectivity index (χ3n) is 6.24. The number of hydrogen-bond acceptors (Lipinski definition) is 4. The maximum Gasteiger partial charge on any atom is 0.262 e. The molecule has 6 heteroatoms. The van der Waals surface area contributed by atoms with Gasteiger partial charge in [-0.2, -0.15) is 0 Å². The summed E-state index contributed by atoms with van der Waals surface area (Å²) in [5.74, 6) is -0.166. The van der Waals surface area contributed by atoms with Crippen molar-refractivity contribution in [3.05, 3.63) is 106 Å². The third kappa shape index (κ3) is 5.09. The lowest BCUT2D eigenvalue weighted by Crippen LogP contribution is -2.22. The summed E-state index contributed by atoms with van der Waals surface area (Å²) in [7, 11) is 0. The maximum absolute atomic E-state index is 13.5. The van der Waals surface area contributed by atoms with Crippen LogP contribution in [0.15, 0.2) is 94.1 Å². The Morgan fingerprint density at radius 2 is 1.65 bits per heavy atom. The smallest absolute Gasteiger partial charge is 0.262 e.